The van der Waals surface area contributed by atoms with Crippen molar-refractivity contribution < 1.29 is 4.79 Å². The van der Waals surface area contributed by atoms with Crippen LogP contribution in [0.3, 0.4) is 0 Å². The molecule has 1 rings (SSSR count). The van der Waals surface area contributed by atoms with Crippen LogP contribution >= 0.6 is 0 Å². The number of rotatable bonds is 3. The van der Waals surface area contributed by atoms with Crippen LogP contribution in [0.2, 0.25) is 0 Å². The van der Waals surface area contributed by atoms with E-state index in [0.717, 1.165) is 10.6 Å². The lowest BCUT2D eigenvalue weighted by Gasteiger charge is -2.29. The molecule has 0 aliphatic heterocycles. The number of carbonyl (C=O) groups excluding carboxylic acids is 1. The first kappa shape index (κ1) is 12.5. The van der Waals surface area contributed by atoms with Gasteiger partial charge in [-0.1, -0.05) is 44.2 Å². The van der Waals surface area contributed by atoms with Crippen molar-refractivity contribution in [3.05, 3.63) is 35.9 Å². The summed E-state index contributed by atoms with van der Waals surface area (Å²) < 4.78 is 0. The van der Waals surface area contributed by atoms with E-state index >= 15 is 0 Å². The number of nitrogens with zero attached hydrogens (tertiary/aromatic N) is 1. The molecular weight excluding hydrogens is 204 g/mol. The molecule has 88 valence electrons. The fraction of sp³-hybridized carbons (Fsp3) is 0.364. The van der Waals surface area contributed by atoms with Gasteiger partial charge in [-0.25, -0.2) is 16.5 Å². The van der Waals surface area contributed by atoms with Crippen LogP contribution in [0.5, 0.6) is 0 Å². The number of amides is 2. The van der Waals surface area contributed by atoms with Crippen molar-refractivity contribution in [2.45, 2.75) is 19.3 Å². The average molecular weight is 222 g/mol. The predicted octanol–water partition coefficient (Wildman–Crippen LogP) is 0.723. The normalized spacial score (nSPS) is 11.0. The van der Waals surface area contributed by atoms with Crippen LogP contribution in [0.1, 0.15) is 19.4 Å². The minimum absolute atomic E-state index is 0.220. The quantitative estimate of drug-likeness (QED) is 0.400. The van der Waals surface area contributed by atoms with Gasteiger partial charge in [-0.3, -0.25) is 10.4 Å². The summed E-state index contributed by atoms with van der Waals surface area (Å²) in [6.07, 6.45) is 0. The molecule has 1 aromatic carbocycles. The van der Waals surface area contributed by atoms with E-state index < -0.39 is 6.03 Å². The van der Waals surface area contributed by atoms with E-state index in [4.69, 9.17) is 11.7 Å². The molecule has 1 aromatic rings. The van der Waals surface area contributed by atoms with E-state index in [1.165, 1.54) is 0 Å². The summed E-state index contributed by atoms with van der Waals surface area (Å²) in [5.74, 6) is 10.6. The first-order chi connectivity index (χ1) is 7.47. The zero-order valence-corrected chi connectivity index (χ0v) is 9.60. The smallest absolute Gasteiger partial charge is 0.275 e. The Labute approximate surface area is 95.3 Å². The van der Waals surface area contributed by atoms with Crippen LogP contribution in [0, 0.1) is 0 Å². The summed E-state index contributed by atoms with van der Waals surface area (Å²) in [4.78, 5) is 11.2. The Morgan fingerprint density at radius 3 is 2.44 bits per heavy atom. The van der Waals surface area contributed by atoms with Crippen molar-refractivity contribution in [1.82, 2.24) is 10.4 Å². The SMILES string of the molecule is CC(C)(CN(N)C(=O)NN)c1ccccc1. The maximum atomic E-state index is 11.2. The fourth-order valence-corrected chi connectivity index (χ4v) is 1.56. The van der Waals surface area contributed by atoms with Gasteiger partial charge in [-0.15, -0.1) is 0 Å². The second-order valence-electron chi connectivity index (χ2n) is 4.33. The van der Waals surface area contributed by atoms with Gasteiger partial charge < -0.3 is 0 Å². The van der Waals surface area contributed by atoms with Crippen LogP contribution in [-0.2, 0) is 5.41 Å². The number of urea groups is 1. The molecule has 0 radical (unpaired) electrons. The van der Waals surface area contributed by atoms with Gasteiger partial charge in [-0.05, 0) is 5.56 Å². The number of nitrogens with two attached hydrogens (primary N) is 2. The number of carbonyl (C=O) groups is 1. The summed E-state index contributed by atoms with van der Waals surface area (Å²) in [7, 11) is 0. The Bertz CT molecular complexity index is 350. The van der Waals surface area contributed by atoms with Crippen molar-refractivity contribution >= 4 is 6.03 Å². The molecule has 0 bridgehead atoms. The fourth-order valence-electron chi connectivity index (χ4n) is 1.56. The molecule has 0 aliphatic rings. The molecule has 0 aliphatic carbocycles. The minimum Gasteiger partial charge on any atom is -0.275 e. The molecular formula is C11H18N4O. The highest BCUT2D eigenvalue weighted by Gasteiger charge is 2.24. The Balaban J connectivity index is 2.76. The lowest BCUT2D eigenvalue weighted by atomic mass is 9.84. The molecule has 5 N–H and O–H groups in total. The van der Waals surface area contributed by atoms with E-state index in [1.54, 1.807) is 0 Å². The third-order valence-corrected chi connectivity index (χ3v) is 2.51. The summed E-state index contributed by atoms with van der Waals surface area (Å²) in [6, 6.07) is 9.39. The van der Waals surface area contributed by atoms with Crippen molar-refractivity contribution in [2.24, 2.45) is 11.7 Å². The van der Waals surface area contributed by atoms with E-state index in [0.29, 0.717) is 6.54 Å². The van der Waals surface area contributed by atoms with E-state index in [9.17, 15) is 4.79 Å². The third-order valence-electron chi connectivity index (χ3n) is 2.51. The largest absolute Gasteiger partial charge is 0.345 e. The van der Waals surface area contributed by atoms with Crippen molar-refractivity contribution in [3.63, 3.8) is 0 Å². The molecule has 0 saturated heterocycles. The van der Waals surface area contributed by atoms with Crippen LogP contribution < -0.4 is 17.1 Å². The third kappa shape index (κ3) is 2.95. The van der Waals surface area contributed by atoms with Crippen molar-refractivity contribution in [2.75, 3.05) is 6.54 Å². The molecule has 5 heteroatoms. The molecule has 5 nitrogen and oxygen atoms in total. The molecule has 0 aromatic heterocycles. The van der Waals surface area contributed by atoms with Gasteiger partial charge in [0.1, 0.15) is 0 Å². The lowest BCUT2D eigenvalue weighted by molar-refractivity contribution is 0.186. The zero-order valence-electron chi connectivity index (χ0n) is 9.60. The summed E-state index contributed by atoms with van der Waals surface area (Å²) in [5, 5.41) is 1.08. The molecule has 0 saturated carbocycles. The number of hydrogen-bond acceptors (Lipinski definition) is 3. The van der Waals surface area contributed by atoms with Gasteiger partial charge in [0, 0.05) is 12.0 Å². The van der Waals surface area contributed by atoms with Gasteiger partial charge in [0.25, 0.3) is 0 Å². The summed E-state index contributed by atoms with van der Waals surface area (Å²) >= 11 is 0. The van der Waals surface area contributed by atoms with Crippen molar-refractivity contribution in [1.29, 1.82) is 0 Å². The number of nitrogens with one attached hydrogen (secondary N) is 1. The molecule has 0 unspecified atom stereocenters. The molecule has 0 spiro atoms. The number of hydrogen-bond donors (Lipinski definition) is 3. The highest BCUT2D eigenvalue weighted by molar-refractivity contribution is 5.72. The first-order valence-corrected chi connectivity index (χ1v) is 5.06. The van der Waals surface area contributed by atoms with Crippen molar-refractivity contribution in [3.8, 4) is 0 Å². The lowest BCUT2D eigenvalue weighted by Crippen LogP contribution is -2.51. The van der Waals surface area contributed by atoms with E-state index in [-0.39, 0.29) is 5.41 Å². The van der Waals surface area contributed by atoms with Crippen LogP contribution in [0.15, 0.2) is 30.3 Å². The summed E-state index contributed by atoms with van der Waals surface area (Å²) in [5.41, 5.74) is 2.90. The average Bonchev–Trinajstić information content (AvgIpc) is 2.28. The predicted molar refractivity (Wildman–Crippen MR) is 63.1 cm³/mol. The number of hydrazine groups is 2. The standard InChI is InChI=1S/C11H18N4O/c1-11(2,8-15(13)10(16)14-12)9-6-4-3-5-7-9/h3-7H,8,12-13H2,1-2H3,(H,14,16). The molecule has 2 amide bonds. The topological polar surface area (TPSA) is 84.4 Å². The monoisotopic (exact) mass is 222 g/mol. The molecule has 0 heterocycles. The summed E-state index contributed by atoms with van der Waals surface area (Å²) in [6.45, 7) is 4.43. The van der Waals surface area contributed by atoms with Gasteiger partial charge in [-0.2, -0.15) is 0 Å². The Morgan fingerprint density at radius 2 is 1.94 bits per heavy atom. The maximum Gasteiger partial charge on any atom is 0.345 e. The Morgan fingerprint density at radius 1 is 1.38 bits per heavy atom. The first-order valence-electron chi connectivity index (χ1n) is 5.06. The van der Waals surface area contributed by atoms with Crippen LogP contribution in [-0.4, -0.2) is 17.6 Å². The van der Waals surface area contributed by atoms with Gasteiger partial charge in [0.05, 0.1) is 0 Å². The van der Waals surface area contributed by atoms with Crippen LogP contribution in [0.4, 0.5) is 4.79 Å². The minimum atomic E-state index is -0.496. The van der Waals surface area contributed by atoms with E-state index in [2.05, 4.69) is 0 Å². The second-order valence-corrected chi connectivity index (χ2v) is 4.33. The maximum absolute atomic E-state index is 11.2. The molecule has 0 fully saturated rings. The van der Waals surface area contributed by atoms with Crippen LogP contribution in [0.25, 0.3) is 0 Å². The van der Waals surface area contributed by atoms with Gasteiger partial charge in [0.2, 0.25) is 0 Å². The van der Waals surface area contributed by atoms with Gasteiger partial charge in [0.15, 0.2) is 0 Å². The highest BCUT2D eigenvalue weighted by atomic mass is 16.2. The zero-order chi connectivity index (χ0) is 12.2. The number of benzene rings is 1. The molecule has 0 atom stereocenters. The Kier molecular flexibility index (Phi) is 3.87. The van der Waals surface area contributed by atoms with E-state index in [1.807, 2.05) is 49.6 Å². The second kappa shape index (κ2) is 4.96. The highest BCUT2D eigenvalue weighted by Crippen LogP contribution is 2.23. The molecule has 16 heavy (non-hydrogen) atoms. The van der Waals surface area contributed by atoms with Gasteiger partial charge >= 0.3 is 6.03 Å². The Hall–Kier alpha value is -1.59.